The lowest BCUT2D eigenvalue weighted by Gasteiger charge is -2.11. The fourth-order valence-corrected chi connectivity index (χ4v) is 4.09. The van der Waals surface area contributed by atoms with Gasteiger partial charge in [0.1, 0.15) is 11.5 Å². The van der Waals surface area contributed by atoms with Crippen LogP contribution in [0.4, 0.5) is 0 Å². The second kappa shape index (κ2) is 12.0. The van der Waals surface area contributed by atoms with Crippen molar-refractivity contribution in [2.75, 3.05) is 19.5 Å². The Balaban J connectivity index is 1.50. The molecule has 4 rings (SSSR count). The third-order valence-corrected chi connectivity index (χ3v) is 6.08. The highest BCUT2D eigenvalue weighted by Crippen LogP contribution is 2.28. The smallest absolute Gasteiger partial charge is 0.250 e. The van der Waals surface area contributed by atoms with Crippen LogP contribution in [0.15, 0.2) is 83.3 Å². The summed E-state index contributed by atoms with van der Waals surface area (Å²) < 4.78 is 12.6. The molecule has 36 heavy (non-hydrogen) atoms. The van der Waals surface area contributed by atoms with Gasteiger partial charge in [-0.15, -0.1) is 10.2 Å². The van der Waals surface area contributed by atoms with E-state index in [0.717, 1.165) is 28.3 Å². The zero-order valence-corrected chi connectivity index (χ0v) is 21.0. The standard InChI is InChI=1S/C26H26N6O3S/c1-4-35-23-13-9-21(10-14-23)32-25(20-6-5-15-27-16-20)30-31-26(32)36-17-24(33)29-28-18(2)19-7-11-22(34-3)12-8-19/h5-16H,4,17H2,1-3H3,(H,29,33). The lowest BCUT2D eigenvalue weighted by molar-refractivity contribution is -0.118. The number of pyridine rings is 1. The number of hydrazone groups is 1. The van der Waals surface area contributed by atoms with Crippen LogP contribution in [0, 0.1) is 0 Å². The van der Waals surface area contributed by atoms with Crippen molar-refractivity contribution >= 4 is 23.4 Å². The van der Waals surface area contributed by atoms with Gasteiger partial charge in [-0.25, -0.2) is 5.43 Å². The minimum Gasteiger partial charge on any atom is -0.497 e. The summed E-state index contributed by atoms with van der Waals surface area (Å²) in [6.07, 6.45) is 3.43. The van der Waals surface area contributed by atoms with E-state index in [9.17, 15) is 4.79 Å². The fraction of sp³-hybridized carbons (Fsp3) is 0.192. The third kappa shape index (κ3) is 6.08. The molecule has 2 aromatic heterocycles. The van der Waals surface area contributed by atoms with E-state index < -0.39 is 0 Å². The summed E-state index contributed by atoms with van der Waals surface area (Å²) in [5.41, 5.74) is 5.85. The number of nitrogens with one attached hydrogen (secondary N) is 1. The van der Waals surface area contributed by atoms with Gasteiger partial charge in [0.15, 0.2) is 11.0 Å². The first-order valence-electron chi connectivity index (χ1n) is 11.3. The first-order chi connectivity index (χ1) is 17.6. The maximum absolute atomic E-state index is 12.6. The van der Waals surface area contributed by atoms with E-state index in [4.69, 9.17) is 9.47 Å². The van der Waals surface area contributed by atoms with Crippen LogP contribution in [0.25, 0.3) is 17.1 Å². The molecule has 184 valence electrons. The molecule has 0 spiro atoms. The summed E-state index contributed by atoms with van der Waals surface area (Å²) in [6.45, 7) is 4.36. The Morgan fingerprint density at radius 2 is 1.81 bits per heavy atom. The number of amides is 1. The Kier molecular flexibility index (Phi) is 8.30. The number of nitrogens with zero attached hydrogens (tertiary/aromatic N) is 5. The molecule has 0 radical (unpaired) electrons. The lowest BCUT2D eigenvalue weighted by Crippen LogP contribution is -2.21. The van der Waals surface area contributed by atoms with Crippen molar-refractivity contribution in [3.63, 3.8) is 0 Å². The van der Waals surface area contributed by atoms with Crippen LogP contribution in [0.3, 0.4) is 0 Å². The van der Waals surface area contributed by atoms with Gasteiger partial charge in [-0.3, -0.25) is 14.3 Å². The van der Waals surface area contributed by atoms with E-state index in [1.807, 2.05) is 79.1 Å². The number of rotatable bonds is 10. The molecule has 0 bridgehead atoms. The van der Waals surface area contributed by atoms with Crippen molar-refractivity contribution < 1.29 is 14.3 Å². The van der Waals surface area contributed by atoms with Crippen LogP contribution in [0.1, 0.15) is 19.4 Å². The molecule has 0 aliphatic carbocycles. The number of carbonyl (C=O) groups is 1. The summed E-state index contributed by atoms with van der Waals surface area (Å²) >= 11 is 1.27. The molecule has 0 aliphatic heterocycles. The fourth-order valence-electron chi connectivity index (χ4n) is 3.34. The number of carbonyl (C=O) groups excluding carboxylic acids is 1. The quantitative estimate of drug-likeness (QED) is 0.195. The lowest BCUT2D eigenvalue weighted by atomic mass is 10.1. The molecule has 9 nitrogen and oxygen atoms in total. The van der Waals surface area contributed by atoms with E-state index >= 15 is 0 Å². The van der Waals surface area contributed by atoms with E-state index in [1.54, 1.807) is 19.5 Å². The van der Waals surface area contributed by atoms with Crippen molar-refractivity contribution in [2.24, 2.45) is 5.10 Å². The molecule has 1 amide bonds. The number of thioether (sulfide) groups is 1. The van der Waals surface area contributed by atoms with Gasteiger partial charge in [-0.05, 0) is 80.1 Å². The van der Waals surface area contributed by atoms with Crippen molar-refractivity contribution in [2.45, 2.75) is 19.0 Å². The van der Waals surface area contributed by atoms with Gasteiger partial charge >= 0.3 is 0 Å². The highest BCUT2D eigenvalue weighted by atomic mass is 32.2. The maximum Gasteiger partial charge on any atom is 0.250 e. The van der Waals surface area contributed by atoms with Gasteiger partial charge in [0.2, 0.25) is 0 Å². The summed E-state index contributed by atoms with van der Waals surface area (Å²) in [7, 11) is 1.62. The van der Waals surface area contributed by atoms with Crippen LogP contribution in [0.5, 0.6) is 11.5 Å². The maximum atomic E-state index is 12.6. The molecule has 10 heteroatoms. The second-order valence-electron chi connectivity index (χ2n) is 7.56. The summed E-state index contributed by atoms with van der Waals surface area (Å²) in [5, 5.41) is 13.5. The zero-order valence-electron chi connectivity index (χ0n) is 20.2. The van der Waals surface area contributed by atoms with E-state index in [0.29, 0.717) is 23.3 Å². The van der Waals surface area contributed by atoms with E-state index in [1.165, 1.54) is 11.8 Å². The Hall–Kier alpha value is -4.18. The van der Waals surface area contributed by atoms with Gasteiger partial charge in [-0.1, -0.05) is 11.8 Å². The van der Waals surface area contributed by atoms with Gasteiger partial charge < -0.3 is 9.47 Å². The van der Waals surface area contributed by atoms with Gasteiger partial charge in [-0.2, -0.15) is 5.10 Å². The average molecular weight is 503 g/mol. The average Bonchev–Trinajstić information content (AvgIpc) is 3.35. The minimum atomic E-state index is -0.253. The third-order valence-electron chi connectivity index (χ3n) is 5.15. The van der Waals surface area contributed by atoms with Crippen molar-refractivity contribution in [3.8, 4) is 28.6 Å². The van der Waals surface area contributed by atoms with Crippen LogP contribution in [-0.4, -0.2) is 50.8 Å². The molecule has 0 aliphatic rings. The number of aromatic nitrogens is 4. The molecular formula is C26H26N6O3S. The summed E-state index contributed by atoms with van der Waals surface area (Å²) in [6, 6.07) is 18.9. The minimum absolute atomic E-state index is 0.113. The molecule has 2 aromatic carbocycles. The van der Waals surface area contributed by atoms with Crippen LogP contribution < -0.4 is 14.9 Å². The number of benzene rings is 2. The molecule has 2 heterocycles. The highest BCUT2D eigenvalue weighted by molar-refractivity contribution is 7.99. The molecule has 0 fully saturated rings. The van der Waals surface area contributed by atoms with Crippen LogP contribution in [0.2, 0.25) is 0 Å². The zero-order chi connectivity index (χ0) is 25.3. The van der Waals surface area contributed by atoms with E-state index in [-0.39, 0.29) is 11.7 Å². The topological polar surface area (TPSA) is 104 Å². The van der Waals surface area contributed by atoms with E-state index in [2.05, 4.69) is 25.7 Å². The Labute approximate surface area is 213 Å². The van der Waals surface area contributed by atoms with Gasteiger partial charge in [0.05, 0.1) is 25.2 Å². The van der Waals surface area contributed by atoms with Crippen molar-refractivity contribution in [1.29, 1.82) is 0 Å². The number of ether oxygens (including phenoxy) is 2. The van der Waals surface area contributed by atoms with Crippen molar-refractivity contribution in [3.05, 3.63) is 78.6 Å². The van der Waals surface area contributed by atoms with Crippen molar-refractivity contribution in [1.82, 2.24) is 25.2 Å². The van der Waals surface area contributed by atoms with Crippen LogP contribution >= 0.6 is 11.8 Å². The van der Waals surface area contributed by atoms with Gasteiger partial charge in [0, 0.05) is 23.6 Å². The number of hydrogen-bond donors (Lipinski definition) is 1. The first kappa shape index (κ1) is 24.9. The molecular weight excluding hydrogens is 476 g/mol. The second-order valence-corrected chi connectivity index (χ2v) is 8.50. The summed E-state index contributed by atoms with van der Waals surface area (Å²) in [4.78, 5) is 16.8. The molecule has 1 N–H and O–H groups in total. The number of methoxy groups -OCH3 is 1. The summed E-state index contributed by atoms with van der Waals surface area (Å²) in [5.74, 6) is 2.02. The van der Waals surface area contributed by atoms with Gasteiger partial charge in [0.25, 0.3) is 5.91 Å². The monoisotopic (exact) mass is 502 g/mol. The SMILES string of the molecule is CCOc1ccc(-n2c(SCC(=O)NN=C(C)c3ccc(OC)cc3)nnc2-c2cccnc2)cc1. The molecule has 4 aromatic rings. The Bertz CT molecular complexity index is 1320. The molecule has 0 saturated heterocycles. The predicted molar refractivity (Wildman–Crippen MR) is 140 cm³/mol. The highest BCUT2D eigenvalue weighted by Gasteiger charge is 2.17. The molecule has 0 saturated carbocycles. The predicted octanol–water partition coefficient (Wildman–Crippen LogP) is 4.37. The first-order valence-corrected chi connectivity index (χ1v) is 12.3. The van der Waals surface area contributed by atoms with Crippen LogP contribution in [-0.2, 0) is 4.79 Å². The number of hydrogen-bond acceptors (Lipinski definition) is 8. The Morgan fingerprint density at radius 1 is 1.06 bits per heavy atom. The largest absolute Gasteiger partial charge is 0.497 e. The molecule has 0 atom stereocenters. The molecule has 0 unspecified atom stereocenters. The Morgan fingerprint density at radius 3 is 2.47 bits per heavy atom. The normalized spacial score (nSPS) is 11.2.